The smallest absolute Gasteiger partial charge is 0.153 e. The first-order valence-corrected chi connectivity index (χ1v) is 6.23. The average molecular weight is 279 g/mol. The molecule has 0 aliphatic heterocycles. The highest BCUT2D eigenvalue weighted by molar-refractivity contribution is 5.94. The number of aromatic amines is 1. The number of imidazole rings is 1. The first kappa shape index (κ1) is 12.9. The Morgan fingerprint density at radius 3 is 2.52 bits per heavy atom. The molecule has 2 N–H and O–H groups in total. The van der Waals surface area contributed by atoms with E-state index in [1.54, 1.807) is 6.07 Å². The zero-order valence-corrected chi connectivity index (χ0v) is 10.8. The van der Waals surface area contributed by atoms with Gasteiger partial charge in [0.1, 0.15) is 23.2 Å². The van der Waals surface area contributed by atoms with Crippen LogP contribution in [0.25, 0.3) is 22.4 Å². The van der Waals surface area contributed by atoms with Crippen LogP contribution < -0.4 is 0 Å². The maximum atomic E-state index is 12.9. The molecule has 102 valence electrons. The summed E-state index contributed by atoms with van der Waals surface area (Å²) in [6, 6.07) is 14.5. The van der Waals surface area contributed by atoms with Gasteiger partial charge in [-0.3, -0.25) is 0 Å². The molecule has 0 aliphatic rings. The van der Waals surface area contributed by atoms with Crippen molar-refractivity contribution in [2.75, 3.05) is 0 Å². The molecule has 4 nitrogen and oxygen atoms in total. The van der Waals surface area contributed by atoms with E-state index in [-0.39, 0.29) is 17.2 Å². The van der Waals surface area contributed by atoms with Crippen molar-refractivity contribution in [3.05, 3.63) is 65.7 Å². The fourth-order valence-electron chi connectivity index (χ4n) is 2.04. The van der Waals surface area contributed by atoms with Crippen molar-refractivity contribution in [2.24, 2.45) is 0 Å². The second kappa shape index (κ2) is 5.10. The van der Waals surface area contributed by atoms with E-state index >= 15 is 0 Å². The summed E-state index contributed by atoms with van der Waals surface area (Å²) in [6.45, 7) is 0. The van der Waals surface area contributed by atoms with Crippen LogP contribution in [0.5, 0.6) is 0 Å². The molecule has 0 radical (unpaired) electrons. The van der Waals surface area contributed by atoms with Crippen LogP contribution in [0.4, 0.5) is 4.39 Å². The van der Waals surface area contributed by atoms with E-state index in [1.165, 1.54) is 24.3 Å². The van der Waals surface area contributed by atoms with Crippen LogP contribution in [-0.2, 0) is 0 Å². The van der Waals surface area contributed by atoms with Gasteiger partial charge in [0.15, 0.2) is 5.82 Å². The molecule has 0 amide bonds. The molecule has 1 aromatic heterocycles. The summed E-state index contributed by atoms with van der Waals surface area (Å²) in [5.41, 5.74) is 1.84. The summed E-state index contributed by atoms with van der Waals surface area (Å²) in [7, 11) is 0. The van der Waals surface area contributed by atoms with Crippen molar-refractivity contribution < 1.29 is 9.50 Å². The minimum absolute atomic E-state index is 0.0119. The highest BCUT2D eigenvalue weighted by Crippen LogP contribution is 2.24. The van der Waals surface area contributed by atoms with E-state index in [0.29, 0.717) is 11.1 Å². The normalized spacial score (nSPS) is 12.0. The molecule has 2 aromatic carbocycles. The van der Waals surface area contributed by atoms with Crippen molar-refractivity contribution in [2.45, 2.75) is 0 Å². The summed E-state index contributed by atoms with van der Waals surface area (Å²) < 4.78 is 12.9. The first-order chi connectivity index (χ1) is 10.2. The van der Waals surface area contributed by atoms with E-state index in [2.05, 4.69) is 9.97 Å². The summed E-state index contributed by atoms with van der Waals surface area (Å²) in [5, 5.41) is 19.5. The summed E-state index contributed by atoms with van der Waals surface area (Å²) in [4.78, 5) is 7.26. The molecular formula is C16H10FN3O. The Bertz CT molecular complexity index is 839. The standard InChI is InChI=1S/C16H10FN3O/c17-11-7-5-10(6-8-11)15(21)12(9-18)16-19-13-3-1-2-4-14(13)20-16/h1-8,21H,(H,19,20). The predicted molar refractivity (Wildman–Crippen MR) is 77.5 cm³/mol. The Morgan fingerprint density at radius 1 is 1.14 bits per heavy atom. The van der Waals surface area contributed by atoms with Crippen LogP contribution >= 0.6 is 0 Å². The van der Waals surface area contributed by atoms with Crippen LogP contribution in [0.15, 0.2) is 48.5 Å². The lowest BCUT2D eigenvalue weighted by molar-refractivity contribution is 0.513. The maximum absolute atomic E-state index is 12.9. The number of nitrogens with one attached hydrogen (secondary N) is 1. The largest absolute Gasteiger partial charge is 0.506 e. The van der Waals surface area contributed by atoms with Crippen LogP contribution in [0.3, 0.4) is 0 Å². The average Bonchev–Trinajstić information content (AvgIpc) is 2.92. The van der Waals surface area contributed by atoms with Crippen molar-refractivity contribution in [1.82, 2.24) is 9.97 Å². The highest BCUT2D eigenvalue weighted by atomic mass is 19.1. The SMILES string of the molecule is N#CC(=C(O)c1ccc(F)cc1)c1nc2ccccc2[nH]1. The number of allylic oxidation sites excluding steroid dienone is 1. The minimum atomic E-state index is -0.409. The molecule has 5 heteroatoms. The molecule has 0 fully saturated rings. The number of aliphatic hydroxyl groups excluding tert-OH is 1. The number of halogens is 1. The number of H-pyrrole nitrogens is 1. The number of fused-ring (bicyclic) bond motifs is 1. The third-order valence-electron chi connectivity index (χ3n) is 3.09. The predicted octanol–water partition coefficient (Wildman–Crippen LogP) is 3.65. The minimum Gasteiger partial charge on any atom is -0.506 e. The van der Waals surface area contributed by atoms with E-state index in [4.69, 9.17) is 0 Å². The van der Waals surface area contributed by atoms with Crippen LogP contribution in [-0.4, -0.2) is 15.1 Å². The molecular weight excluding hydrogens is 269 g/mol. The van der Waals surface area contributed by atoms with E-state index in [0.717, 1.165) is 5.52 Å². The topological polar surface area (TPSA) is 72.7 Å². The van der Waals surface area contributed by atoms with Gasteiger partial charge in [-0.2, -0.15) is 5.26 Å². The van der Waals surface area contributed by atoms with Gasteiger partial charge in [-0.25, -0.2) is 9.37 Å². The number of benzene rings is 2. The third kappa shape index (κ3) is 2.35. The fourth-order valence-corrected chi connectivity index (χ4v) is 2.04. The van der Waals surface area contributed by atoms with Crippen LogP contribution in [0, 0.1) is 17.1 Å². The van der Waals surface area contributed by atoms with Gasteiger partial charge in [-0.05, 0) is 36.4 Å². The summed E-state index contributed by atoms with van der Waals surface area (Å²) in [6.07, 6.45) is 0. The van der Waals surface area contributed by atoms with Gasteiger partial charge < -0.3 is 10.1 Å². The van der Waals surface area contributed by atoms with Crippen molar-refractivity contribution >= 4 is 22.4 Å². The fraction of sp³-hybridized carbons (Fsp3) is 0. The second-order valence-electron chi connectivity index (χ2n) is 4.44. The Morgan fingerprint density at radius 2 is 1.86 bits per heavy atom. The van der Waals surface area contributed by atoms with Gasteiger partial charge in [0.2, 0.25) is 0 Å². The zero-order chi connectivity index (χ0) is 14.8. The van der Waals surface area contributed by atoms with E-state index in [1.807, 2.05) is 24.3 Å². The van der Waals surface area contributed by atoms with Crippen molar-refractivity contribution in [1.29, 1.82) is 5.26 Å². The molecule has 3 rings (SSSR count). The monoisotopic (exact) mass is 279 g/mol. The number of hydrogen-bond donors (Lipinski definition) is 2. The van der Waals surface area contributed by atoms with Gasteiger partial charge >= 0.3 is 0 Å². The van der Waals surface area contributed by atoms with Gasteiger partial charge in [-0.1, -0.05) is 12.1 Å². The van der Waals surface area contributed by atoms with Crippen molar-refractivity contribution in [3.63, 3.8) is 0 Å². The maximum Gasteiger partial charge on any atom is 0.153 e. The highest BCUT2D eigenvalue weighted by Gasteiger charge is 2.14. The van der Waals surface area contributed by atoms with Gasteiger partial charge in [0, 0.05) is 5.56 Å². The lowest BCUT2D eigenvalue weighted by atomic mass is 10.1. The van der Waals surface area contributed by atoms with E-state index in [9.17, 15) is 14.8 Å². The molecule has 21 heavy (non-hydrogen) atoms. The second-order valence-corrected chi connectivity index (χ2v) is 4.44. The molecule has 0 spiro atoms. The number of aliphatic hydroxyl groups is 1. The quantitative estimate of drug-likeness (QED) is 0.555. The van der Waals surface area contributed by atoms with Gasteiger partial charge in [-0.15, -0.1) is 0 Å². The number of nitriles is 1. The lowest BCUT2D eigenvalue weighted by Gasteiger charge is -2.02. The molecule has 0 aliphatic carbocycles. The number of para-hydroxylation sites is 2. The van der Waals surface area contributed by atoms with Gasteiger partial charge in [0.05, 0.1) is 11.0 Å². The molecule has 0 unspecified atom stereocenters. The molecule has 0 saturated heterocycles. The van der Waals surface area contributed by atoms with E-state index < -0.39 is 5.82 Å². The third-order valence-corrected chi connectivity index (χ3v) is 3.09. The number of rotatable bonds is 2. The van der Waals surface area contributed by atoms with Crippen LogP contribution in [0.1, 0.15) is 11.4 Å². The molecule has 0 bridgehead atoms. The van der Waals surface area contributed by atoms with Gasteiger partial charge in [0.25, 0.3) is 0 Å². The number of aromatic nitrogens is 2. The van der Waals surface area contributed by atoms with Crippen LogP contribution in [0.2, 0.25) is 0 Å². The Hall–Kier alpha value is -3.13. The Balaban J connectivity index is 2.14. The number of nitrogens with zero attached hydrogens (tertiary/aromatic N) is 2. The zero-order valence-electron chi connectivity index (χ0n) is 10.8. The first-order valence-electron chi connectivity index (χ1n) is 6.23. The Kier molecular flexibility index (Phi) is 3.13. The van der Waals surface area contributed by atoms with Crippen molar-refractivity contribution in [3.8, 4) is 6.07 Å². The summed E-state index contributed by atoms with van der Waals surface area (Å²) in [5.74, 6) is -0.370. The number of hydrogen-bond acceptors (Lipinski definition) is 3. The summed E-state index contributed by atoms with van der Waals surface area (Å²) >= 11 is 0. The molecule has 0 atom stereocenters. The molecule has 0 saturated carbocycles. The molecule has 1 heterocycles. The molecule has 3 aromatic rings. The Labute approximate surface area is 119 Å². The lowest BCUT2D eigenvalue weighted by Crippen LogP contribution is -1.92.